The van der Waals surface area contributed by atoms with Crippen molar-refractivity contribution >= 4 is 134 Å². The summed E-state index contributed by atoms with van der Waals surface area (Å²) in [7, 11) is 2.63. The number of amides is 10. The van der Waals surface area contributed by atoms with E-state index in [4.69, 9.17) is 85.3 Å². The maximum Gasteiger partial charge on any atom is 0.352 e. The summed E-state index contributed by atoms with van der Waals surface area (Å²) in [5.41, 5.74) is 13.7. The number of hydrogen-bond donors (Lipinski definition) is 22. The number of nitrogens with one attached hydrogen (secondary N) is 9. The van der Waals surface area contributed by atoms with Crippen LogP contribution in [0.25, 0.3) is 11.1 Å². The number of thioether (sulfide) groups is 1. The van der Waals surface area contributed by atoms with Crippen LogP contribution in [0.4, 0.5) is 5.13 Å². The molecule has 2 aromatic heterocycles. The third-order valence-electron chi connectivity index (χ3n) is 23.3. The highest BCUT2D eigenvalue weighted by atomic mass is 35.5. The van der Waals surface area contributed by atoms with Gasteiger partial charge in [0.1, 0.15) is 130 Å². The standard InChI is InChI=1S/C86H93Cl3N16O28S2/c1-31(2)17-44(93-5)73(116)99-61-65(111)35-8-11-48(42(87)19-35)129-50-21-37-22-51(69(50)133-84-70(68(114)67(113)52(29-106)131-84)132-54-26-86(4,92)71(115)32(3)128-54)130-49-12-9-36(20-43(49)88)66(112)62-80(123)98-58(41-23-39(107)24-47(109)55(41)40-18-34(7-10-46(40)108)56(76(119)100-62)97-77(120)57(37)96-74(117)45(25-53(90)110)95-79(61)122)75(118)94-27-33-13-15-104(16-14-33)28-38-30-134-82-63(81(124)105(82)64(38)83(125)126)101-78(121)60(103-127-6)59-72(89)135-85(91)102-59/h7-16,18-24,31-32,44-45,52,54,56-58,61-63,65-68,70-71,82,84,93,106,111-115H,17,25-30,92H2,1-6H3,(H15-,90,91,94,95,96,97,98,99,100,101,102,103,107,108,109,110,116,117,118,119,120,121,122,123,125,126)/p+1/t32-,44+,45-,52+,54-,56+,57+,58-,61+,62-,63+,65+,66+,67+,68-,70+,71+,82+,84-,86-/m0/s1. The van der Waals surface area contributed by atoms with E-state index in [1.165, 1.54) is 64.7 Å². The number of carboxylic acid groups (broad SMARTS) is 1. The van der Waals surface area contributed by atoms with Gasteiger partial charge in [0.25, 0.3) is 11.8 Å². The lowest BCUT2D eigenvalue weighted by molar-refractivity contribution is -0.689. The van der Waals surface area contributed by atoms with Crippen molar-refractivity contribution in [3.8, 4) is 57.1 Å². The van der Waals surface area contributed by atoms with Crippen LogP contribution in [-0.2, 0) is 84.9 Å². The van der Waals surface area contributed by atoms with Crippen molar-refractivity contribution in [1.82, 2.24) is 57.7 Å². The quantitative estimate of drug-likeness (QED) is 0.0185. The molecule has 0 aliphatic carbocycles. The third kappa shape index (κ3) is 20.9. The number of carbonyl (C=O) groups excluding carboxylic acids is 10. The van der Waals surface area contributed by atoms with E-state index in [0.717, 1.165) is 94.7 Å². The number of aromatic hydroxyl groups is 3. The number of phenolic OH excluding ortho intramolecular Hbond substituents is 3. The molecule has 10 amide bonds. The highest BCUT2D eigenvalue weighted by Gasteiger charge is 2.56. The molecule has 0 radical (unpaired) electrons. The number of aliphatic hydroxyl groups excluding tert-OH is 6. The number of oxime groups is 1. The van der Waals surface area contributed by atoms with E-state index in [1.54, 1.807) is 4.57 Å². The number of anilines is 1. The Morgan fingerprint density at radius 2 is 1.40 bits per heavy atom. The van der Waals surface area contributed by atoms with Gasteiger partial charge in [-0.25, -0.2) is 14.3 Å². The van der Waals surface area contributed by atoms with Gasteiger partial charge in [-0.05, 0) is 121 Å². The molecule has 0 unspecified atom stereocenters. The summed E-state index contributed by atoms with van der Waals surface area (Å²) in [5, 5.41) is 142. The Balaban J connectivity index is 0.858. The number of aliphatic hydroxyl groups is 6. The maximum atomic E-state index is 16.4. The number of halogens is 3. The van der Waals surface area contributed by atoms with Crippen molar-refractivity contribution in [2.75, 3.05) is 32.3 Å². The fraction of sp³-hybridized carbons (Fsp3) is 0.395. The molecule has 3 fully saturated rings. The number of ether oxygens (including phenoxy) is 6. The van der Waals surface area contributed by atoms with Gasteiger partial charge in [-0.15, -0.1) is 11.8 Å². The van der Waals surface area contributed by atoms with Gasteiger partial charge >= 0.3 is 5.97 Å². The second-order valence-electron chi connectivity index (χ2n) is 33.4. The number of nitrogens with zero attached hydrogens (tertiary/aromatic N) is 4. The van der Waals surface area contributed by atoms with Crippen molar-refractivity contribution in [3.05, 3.63) is 168 Å². The number of aromatic nitrogens is 2. The summed E-state index contributed by atoms with van der Waals surface area (Å²) < 4.78 is 40.3. The van der Waals surface area contributed by atoms with Gasteiger partial charge in [0, 0.05) is 59.2 Å². The van der Waals surface area contributed by atoms with Crippen LogP contribution in [0.2, 0.25) is 14.4 Å². The Morgan fingerprint density at radius 1 is 0.756 bits per heavy atom. The number of pyridine rings is 1. The number of primary amides is 1. The van der Waals surface area contributed by atoms with Crippen LogP contribution in [-0.4, -0.2) is 249 Å². The summed E-state index contributed by atoms with van der Waals surface area (Å²) in [5.74, 6) is -18.7. The molecular weight excluding hydrogens is 1880 g/mol. The van der Waals surface area contributed by atoms with E-state index in [-0.39, 0.29) is 85.0 Å². The van der Waals surface area contributed by atoms with E-state index in [1.807, 2.05) is 13.8 Å². The van der Waals surface area contributed by atoms with Crippen LogP contribution in [0.15, 0.2) is 120 Å². The van der Waals surface area contributed by atoms with Crippen LogP contribution < -0.4 is 83.8 Å². The minimum Gasteiger partial charge on any atom is -0.508 e. The number of rotatable bonds is 22. The smallest absolute Gasteiger partial charge is 0.352 e. The first-order chi connectivity index (χ1) is 64.0. The van der Waals surface area contributed by atoms with E-state index < -0.39 is 279 Å². The molecule has 135 heavy (non-hydrogen) atoms. The van der Waals surface area contributed by atoms with Gasteiger partial charge in [0.15, 0.2) is 53.7 Å². The minimum atomic E-state index is -2.40. The molecule has 9 aliphatic heterocycles. The molecule has 9 aliphatic rings. The Morgan fingerprint density at radius 3 is 2.01 bits per heavy atom. The molecule has 718 valence electrons. The monoisotopic (exact) mass is 1970 g/mol. The van der Waals surface area contributed by atoms with Gasteiger partial charge in [0.2, 0.25) is 59.3 Å². The fourth-order valence-corrected chi connectivity index (χ4v) is 19.2. The second-order valence-corrected chi connectivity index (χ2v) is 36.9. The van der Waals surface area contributed by atoms with Crippen molar-refractivity contribution < 1.29 is 142 Å². The van der Waals surface area contributed by atoms with Crippen molar-refractivity contribution in [3.63, 3.8) is 0 Å². The second kappa shape index (κ2) is 40.7. The molecule has 0 spiro atoms. The number of nitrogens with two attached hydrogens (primary N) is 3. The first kappa shape index (κ1) is 98.6. The summed E-state index contributed by atoms with van der Waals surface area (Å²) in [4.78, 5) is 172. The lowest BCUT2D eigenvalue weighted by Crippen LogP contribution is -2.71. The van der Waals surface area contributed by atoms with Crippen LogP contribution in [0.3, 0.4) is 0 Å². The topological polar surface area (TPSA) is 673 Å². The number of fused-ring (bicyclic) bond motifs is 16. The number of likely N-dealkylation sites (N-methyl/N-ethyl adjacent to an activating group) is 1. The van der Waals surface area contributed by atoms with Crippen molar-refractivity contribution in [2.45, 2.75) is 181 Å². The lowest BCUT2D eigenvalue weighted by Gasteiger charge is -2.49. The molecule has 49 heteroatoms. The van der Waals surface area contributed by atoms with E-state index in [2.05, 4.69) is 58.0 Å². The molecular formula is C86H94Cl3N16O28S2+. The summed E-state index contributed by atoms with van der Waals surface area (Å²) in [6, 6.07) is 1.09. The van der Waals surface area contributed by atoms with Crippen LogP contribution >= 0.6 is 57.9 Å². The number of β-lactam (4-membered cyclic amide) rings is 1. The first-order valence-electron chi connectivity index (χ1n) is 41.8. The molecule has 20 atom stereocenters. The number of phenols is 3. The van der Waals surface area contributed by atoms with Gasteiger partial charge in [-0.1, -0.05) is 83.3 Å². The highest BCUT2D eigenvalue weighted by Crippen LogP contribution is 2.51. The summed E-state index contributed by atoms with van der Waals surface area (Å²) >= 11 is 22.6. The van der Waals surface area contributed by atoms with Crippen LogP contribution in [0, 0.1) is 5.92 Å². The molecule has 11 heterocycles. The van der Waals surface area contributed by atoms with Gasteiger partial charge in [0.05, 0.1) is 41.3 Å². The predicted molar refractivity (Wildman–Crippen MR) is 475 cm³/mol. The molecule has 0 saturated carbocycles. The molecule has 16 rings (SSSR count). The number of thiazole rings is 1. The third-order valence-corrected chi connectivity index (χ3v) is 26.4. The molecule has 44 nitrogen and oxygen atoms in total. The number of carbonyl (C=O) groups is 11. The molecule has 3 saturated heterocycles. The number of aliphatic carboxylic acids is 1. The number of hydrogen-bond acceptors (Lipinski definition) is 34. The zero-order valence-corrected chi connectivity index (χ0v) is 76.0. The lowest BCUT2D eigenvalue weighted by atomic mass is 9.86. The largest absolute Gasteiger partial charge is 0.508 e. The molecule has 25 N–H and O–H groups in total. The first-order valence-corrected chi connectivity index (χ1v) is 44.8. The Bertz CT molecular complexity index is 5940. The zero-order valence-electron chi connectivity index (χ0n) is 72.1. The van der Waals surface area contributed by atoms with E-state index >= 15 is 28.8 Å². The van der Waals surface area contributed by atoms with Crippen molar-refractivity contribution in [2.24, 2.45) is 22.5 Å². The summed E-state index contributed by atoms with van der Waals surface area (Å²) in [6.07, 6.45) is -16.0. The Kier molecular flexibility index (Phi) is 29.7. The number of nitrogen functional groups attached to an aromatic ring is 1. The zero-order chi connectivity index (χ0) is 97.5. The number of benzene rings is 5. The van der Waals surface area contributed by atoms with Crippen LogP contribution in [0.1, 0.15) is 116 Å². The fourth-order valence-electron chi connectivity index (χ4n) is 16.5. The van der Waals surface area contributed by atoms with Gasteiger partial charge < -0.3 is 149 Å². The number of carboxylic acids is 1. The summed E-state index contributed by atoms with van der Waals surface area (Å²) in [6.45, 7) is 5.09. The van der Waals surface area contributed by atoms with Crippen molar-refractivity contribution in [1.29, 1.82) is 0 Å². The van der Waals surface area contributed by atoms with Crippen LogP contribution in [0.5, 0.6) is 46.0 Å². The molecule has 7 aromatic rings. The van der Waals surface area contributed by atoms with E-state index in [0.29, 0.717) is 5.56 Å². The Labute approximate surface area is 789 Å². The average molecular weight is 1970 g/mol. The average Bonchev–Trinajstić information content (AvgIpc) is 0.958. The predicted octanol–water partition coefficient (Wildman–Crippen LogP) is 0.107. The maximum absolute atomic E-state index is 16.4. The Hall–Kier alpha value is -12.4. The molecule has 5 aromatic carbocycles. The highest BCUT2D eigenvalue weighted by molar-refractivity contribution is 8.00. The van der Waals surface area contributed by atoms with Gasteiger partial charge in [-0.3, -0.25) is 52.8 Å². The minimum absolute atomic E-state index is 0.00886. The molecule has 11 bridgehead atoms. The normalized spacial score (nSPS) is 27.2. The van der Waals surface area contributed by atoms with E-state index in [9.17, 15) is 75.0 Å². The SMILES string of the molecule is CN[C@H](CC(C)C)C(=O)N[C@H]1C(=O)N[C@@H](CC(N)=O)C(=O)N[C@H]2C(=O)N[C@H]3C(=O)N[C@H](C(=O)N[C@H](C(=O)NCc4cc[n+](CC5=C(C(=O)O)N6C(=O)[C@@H](NC(=O)/C(=N\OC)c7nc(N)sc7Cl)[C@H]6SC5)cc4)c4cc(O)cc(O)c4-c4cc3ccc4O)[C@H](O)c3ccc(c(Cl)c3)Oc3cc2cc(c3O[C@@H]2O[C@H](CO)[C@@H](O)[C@H](O)[C@H]2O[C@H]2C[C@](C)(N)[C@H](O)[C@H](C)O2)Oc2ccc(cc2Cl)[C@H]1O. The van der Waals surface area contributed by atoms with Gasteiger partial charge in [-0.2, -0.15) is 0 Å².